The fraction of sp³-hybridized carbons (Fsp3) is 0.0909. The number of rotatable bonds is 2. The van der Waals surface area contributed by atoms with Crippen LogP contribution >= 0.6 is 22.6 Å². The van der Waals surface area contributed by atoms with E-state index in [1.165, 1.54) is 9.13 Å². The van der Waals surface area contributed by atoms with Gasteiger partial charge in [-0.2, -0.15) is 5.26 Å². The zero-order valence-electron chi connectivity index (χ0n) is 7.89. The monoisotopic (exact) mass is 309 g/mol. The van der Waals surface area contributed by atoms with Gasteiger partial charge in [0.15, 0.2) is 0 Å². The van der Waals surface area contributed by atoms with Gasteiger partial charge >= 0.3 is 0 Å². The van der Waals surface area contributed by atoms with Crippen molar-refractivity contribution in [2.75, 3.05) is 0 Å². The normalized spacial score (nSPS) is 9.87. The van der Waals surface area contributed by atoms with Crippen molar-refractivity contribution in [2.45, 2.75) is 6.54 Å². The SMILES string of the molecule is N#Cc1nccn1Cc1ccc(I)cc1. The van der Waals surface area contributed by atoms with Gasteiger partial charge in [-0.05, 0) is 40.3 Å². The molecule has 0 spiro atoms. The first-order valence-electron chi connectivity index (χ1n) is 4.45. The van der Waals surface area contributed by atoms with Crippen molar-refractivity contribution in [1.82, 2.24) is 9.55 Å². The van der Waals surface area contributed by atoms with Gasteiger partial charge in [0, 0.05) is 22.5 Å². The Bertz CT molecular complexity index is 493. The summed E-state index contributed by atoms with van der Waals surface area (Å²) in [5.74, 6) is 0.452. The number of hydrogen-bond donors (Lipinski definition) is 0. The fourth-order valence-corrected chi connectivity index (χ4v) is 1.70. The molecule has 0 aliphatic heterocycles. The van der Waals surface area contributed by atoms with Gasteiger partial charge in [-0.15, -0.1) is 0 Å². The average Bonchev–Trinajstić information content (AvgIpc) is 2.69. The molecule has 0 saturated carbocycles. The van der Waals surface area contributed by atoms with Crippen LogP contribution in [0.2, 0.25) is 0 Å². The number of imidazole rings is 1. The van der Waals surface area contributed by atoms with Crippen molar-refractivity contribution in [3.05, 3.63) is 51.6 Å². The van der Waals surface area contributed by atoms with Gasteiger partial charge in [-0.1, -0.05) is 12.1 Å². The Balaban J connectivity index is 2.23. The lowest BCUT2D eigenvalue weighted by atomic mass is 10.2. The molecule has 1 aromatic heterocycles. The Kier molecular flexibility index (Phi) is 3.02. The lowest BCUT2D eigenvalue weighted by molar-refractivity contribution is 0.782. The van der Waals surface area contributed by atoms with Crippen molar-refractivity contribution in [3.8, 4) is 6.07 Å². The summed E-state index contributed by atoms with van der Waals surface area (Å²) in [5, 5.41) is 8.79. The minimum atomic E-state index is 0.452. The van der Waals surface area contributed by atoms with Crippen molar-refractivity contribution in [2.24, 2.45) is 0 Å². The number of hydrogen-bond acceptors (Lipinski definition) is 2. The summed E-state index contributed by atoms with van der Waals surface area (Å²) in [6.07, 6.45) is 3.46. The van der Waals surface area contributed by atoms with E-state index in [4.69, 9.17) is 5.26 Å². The summed E-state index contributed by atoms with van der Waals surface area (Å²) in [5.41, 5.74) is 1.17. The molecule has 0 radical (unpaired) electrons. The Hall–Kier alpha value is -1.35. The largest absolute Gasteiger partial charge is 0.318 e. The predicted octanol–water partition coefficient (Wildman–Crippen LogP) is 2.41. The maximum Gasteiger partial charge on any atom is 0.213 e. The highest BCUT2D eigenvalue weighted by Crippen LogP contribution is 2.09. The quantitative estimate of drug-likeness (QED) is 0.800. The third kappa shape index (κ3) is 2.36. The zero-order chi connectivity index (χ0) is 10.7. The Labute approximate surface area is 102 Å². The van der Waals surface area contributed by atoms with Gasteiger partial charge in [0.25, 0.3) is 0 Å². The second kappa shape index (κ2) is 4.45. The molecule has 0 amide bonds. The molecule has 74 valence electrons. The smallest absolute Gasteiger partial charge is 0.213 e. The first-order valence-corrected chi connectivity index (χ1v) is 5.53. The minimum Gasteiger partial charge on any atom is -0.318 e. The van der Waals surface area contributed by atoms with E-state index in [0.29, 0.717) is 12.4 Å². The standard InChI is InChI=1S/C11H8IN3/c12-10-3-1-9(2-4-10)8-15-6-5-14-11(15)7-13/h1-6H,8H2. The van der Waals surface area contributed by atoms with Crippen molar-refractivity contribution in [3.63, 3.8) is 0 Å². The second-order valence-corrected chi connectivity index (χ2v) is 4.36. The zero-order valence-corrected chi connectivity index (χ0v) is 10.0. The summed E-state index contributed by atoms with van der Waals surface area (Å²) < 4.78 is 3.05. The molecule has 1 aromatic carbocycles. The van der Waals surface area contributed by atoms with Crippen molar-refractivity contribution in [1.29, 1.82) is 5.26 Å². The lowest BCUT2D eigenvalue weighted by Crippen LogP contribution is -2.01. The molecule has 4 heteroatoms. The Morgan fingerprint density at radius 1 is 1.33 bits per heavy atom. The highest BCUT2D eigenvalue weighted by atomic mass is 127. The number of aromatic nitrogens is 2. The van der Waals surface area contributed by atoms with Crippen LogP contribution in [0, 0.1) is 14.9 Å². The molecule has 0 unspecified atom stereocenters. The number of benzene rings is 1. The van der Waals surface area contributed by atoms with Gasteiger partial charge < -0.3 is 4.57 Å². The van der Waals surface area contributed by atoms with Crippen molar-refractivity contribution < 1.29 is 0 Å². The molecular formula is C11H8IN3. The van der Waals surface area contributed by atoms with E-state index >= 15 is 0 Å². The molecule has 2 aromatic rings. The van der Waals surface area contributed by atoms with Crippen LogP contribution in [-0.4, -0.2) is 9.55 Å². The first kappa shape index (κ1) is 10.2. The van der Waals surface area contributed by atoms with Gasteiger partial charge in [0.2, 0.25) is 5.82 Å². The molecule has 0 N–H and O–H groups in total. The van der Waals surface area contributed by atoms with Gasteiger partial charge in [0.1, 0.15) is 6.07 Å². The molecule has 0 fully saturated rings. The minimum absolute atomic E-state index is 0.452. The summed E-state index contributed by atoms with van der Waals surface area (Å²) in [7, 11) is 0. The summed E-state index contributed by atoms with van der Waals surface area (Å²) in [4.78, 5) is 3.95. The van der Waals surface area contributed by atoms with Crippen molar-refractivity contribution >= 4 is 22.6 Å². The summed E-state index contributed by atoms with van der Waals surface area (Å²) in [6, 6.07) is 10.3. The number of nitrogens with zero attached hydrogens (tertiary/aromatic N) is 3. The van der Waals surface area contributed by atoms with Crippen LogP contribution in [0.15, 0.2) is 36.7 Å². The van der Waals surface area contributed by atoms with Gasteiger partial charge in [0.05, 0.1) is 0 Å². The third-order valence-electron chi connectivity index (χ3n) is 2.08. The van der Waals surface area contributed by atoms with Crippen LogP contribution in [0.5, 0.6) is 0 Å². The maximum absolute atomic E-state index is 8.79. The van der Waals surface area contributed by atoms with E-state index in [2.05, 4.69) is 57.9 Å². The third-order valence-corrected chi connectivity index (χ3v) is 2.80. The maximum atomic E-state index is 8.79. The summed E-state index contributed by atoms with van der Waals surface area (Å²) in [6.45, 7) is 0.694. The van der Waals surface area contributed by atoms with E-state index < -0.39 is 0 Å². The molecule has 0 saturated heterocycles. The van der Waals surface area contributed by atoms with E-state index in [9.17, 15) is 0 Å². The van der Waals surface area contributed by atoms with Crippen LogP contribution in [0.1, 0.15) is 11.4 Å². The molecule has 0 bridgehead atoms. The van der Waals surface area contributed by atoms with E-state index in [1.54, 1.807) is 6.20 Å². The molecule has 15 heavy (non-hydrogen) atoms. The van der Waals surface area contributed by atoms with Gasteiger partial charge in [-0.3, -0.25) is 0 Å². The molecule has 1 heterocycles. The first-order chi connectivity index (χ1) is 7.29. The highest BCUT2D eigenvalue weighted by Gasteiger charge is 2.01. The van der Waals surface area contributed by atoms with Crippen LogP contribution in [0.4, 0.5) is 0 Å². The van der Waals surface area contributed by atoms with Crippen LogP contribution in [-0.2, 0) is 6.54 Å². The molecule has 0 atom stereocenters. The molecule has 0 aliphatic carbocycles. The van der Waals surface area contributed by atoms with Gasteiger partial charge in [-0.25, -0.2) is 4.98 Å². The summed E-state index contributed by atoms with van der Waals surface area (Å²) >= 11 is 2.27. The topological polar surface area (TPSA) is 41.6 Å². The predicted molar refractivity (Wildman–Crippen MR) is 65.2 cm³/mol. The Morgan fingerprint density at radius 3 is 2.73 bits per heavy atom. The number of nitriles is 1. The van der Waals surface area contributed by atoms with E-state index in [-0.39, 0.29) is 0 Å². The second-order valence-electron chi connectivity index (χ2n) is 3.12. The molecule has 0 aliphatic rings. The average molecular weight is 309 g/mol. The molecular weight excluding hydrogens is 301 g/mol. The highest BCUT2D eigenvalue weighted by molar-refractivity contribution is 14.1. The van der Waals surface area contributed by atoms with Crippen LogP contribution in [0.25, 0.3) is 0 Å². The number of halogens is 1. The van der Waals surface area contributed by atoms with E-state index in [0.717, 1.165) is 0 Å². The Morgan fingerprint density at radius 2 is 2.07 bits per heavy atom. The molecule has 3 nitrogen and oxygen atoms in total. The van der Waals surface area contributed by atoms with E-state index in [1.807, 2.05) is 10.8 Å². The lowest BCUT2D eigenvalue weighted by Gasteiger charge is -2.03. The van der Waals surface area contributed by atoms with Crippen LogP contribution < -0.4 is 0 Å². The molecule has 2 rings (SSSR count). The fourth-order valence-electron chi connectivity index (χ4n) is 1.34. The van der Waals surface area contributed by atoms with Crippen LogP contribution in [0.3, 0.4) is 0 Å².